The third-order valence-corrected chi connectivity index (χ3v) is 3.66. The number of benzene rings is 1. The molecule has 0 amide bonds. The minimum Gasteiger partial charge on any atom is -0.120 e. The van der Waals surface area contributed by atoms with Crippen LogP contribution in [0.25, 0.3) is 6.08 Å². The van der Waals surface area contributed by atoms with Crippen LogP contribution in [-0.4, -0.2) is 0 Å². The molecule has 1 aromatic carbocycles. The summed E-state index contributed by atoms with van der Waals surface area (Å²) in [4.78, 5) is 0. The molecule has 23 heavy (non-hydrogen) atoms. The Labute approximate surface area is 141 Å². The van der Waals surface area contributed by atoms with Gasteiger partial charge in [-0.25, -0.2) is 0 Å². The van der Waals surface area contributed by atoms with Crippen LogP contribution in [0.5, 0.6) is 0 Å². The molecular weight excluding hydrogens is 276 g/mol. The Morgan fingerprint density at radius 3 is 2.30 bits per heavy atom. The molecule has 0 heterocycles. The van der Waals surface area contributed by atoms with Crippen LogP contribution in [-0.2, 0) is 12.8 Å². The first kappa shape index (κ1) is 18.3. The molecule has 0 aliphatic rings. The lowest BCUT2D eigenvalue weighted by Gasteiger charge is -2.09. The number of allylic oxidation sites excluding steroid dienone is 6. The van der Waals surface area contributed by atoms with E-state index in [2.05, 4.69) is 56.5 Å². The molecule has 0 radical (unpaired) electrons. The molecule has 0 heteroatoms. The van der Waals surface area contributed by atoms with E-state index in [0.717, 1.165) is 24.0 Å². The van der Waals surface area contributed by atoms with Crippen LogP contribution in [0.3, 0.4) is 0 Å². The molecule has 0 N–H and O–H groups in total. The molecule has 0 saturated heterocycles. The van der Waals surface area contributed by atoms with Crippen molar-refractivity contribution in [3.05, 3.63) is 76.9 Å². The van der Waals surface area contributed by atoms with Gasteiger partial charge in [-0.2, -0.15) is 0 Å². The number of rotatable bonds is 7. The van der Waals surface area contributed by atoms with Crippen LogP contribution in [0, 0.1) is 24.7 Å². The molecule has 0 bridgehead atoms. The maximum atomic E-state index is 5.45. The standard InChI is InChI=1S/C23H24/c1-6-12-19(8-3)18-20(13-7-2)16-17-23-21(9-4)14-11-15-22(23)10-5/h1-2,8,11,13-18H,3,9-10,12H2,4-5H3/b17-16+,19-18+,20-13-. The van der Waals surface area contributed by atoms with Crippen molar-refractivity contribution in [2.24, 2.45) is 0 Å². The highest BCUT2D eigenvalue weighted by Gasteiger charge is 2.02. The van der Waals surface area contributed by atoms with Gasteiger partial charge < -0.3 is 0 Å². The number of hydrogen-bond acceptors (Lipinski definition) is 0. The normalized spacial score (nSPS) is 12.0. The molecule has 116 valence electrons. The second-order valence-electron chi connectivity index (χ2n) is 5.15. The Balaban J connectivity index is 3.24. The first-order valence-corrected chi connectivity index (χ1v) is 7.91. The van der Waals surface area contributed by atoms with Gasteiger partial charge in [0.25, 0.3) is 0 Å². The molecule has 0 unspecified atom stereocenters. The smallest absolute Gasteiger partial charge is 0.0337 e. The zero-order valence-corrected chi connectivity index (χ0v) is 14.1. The van der Waals surface area contributed by atoms with E-state index in [1.54, 1.807) is 12.2 Å². The van der Waals surface area contributed by atoms with Crippen molar-refractivity contribution in [1.82, 2.24) is 0 Å². The highest BCUT2D eigenvalue weighted by molar-refractivity contribution is 5.62. The fraction of sp³-hybridized carbons (Fsp3) is 0.217. The maximum Gasteiger partial charge on any atom is 0.0337 e. The molecule has 0 saturated carbocycles. The largest absolute Gasteiger partial charge is 0.120 e. The van der Waals surface area contributed by atoms with Crippen LogP contribution in [0.4, 0.5) is 0 Å². The lowest BCUT2D eigenvalue weighted by atomic mass is 9.96. The lowest BCUT2D eigenvalue weighted by Crippen LogP contribution is -1.93. The minimum atomic E-state index is 0.547. The Morgan fingerprint density at radius 2 is 1.83 bits per heavy atom. The summed E-state index contributed by atoms with van der Waals surface area (Å²) in [5, 5.41) is 0. The van der Waals surface area contributed by atoms with Gasteiger partial charge in [0.1, 0.15) is 0 Å². The van der Waals surface area contributed by atoms with Gasteiger partial charge in [-0.05, 0) is 46.8 Å². The van der Waals surface area contributed by atoms with Crippen LogP contribution < -0.4 is 0 Å². The van der Waals surface area contributed by atoms with Crippen molar-refractivity contribution in [2.45, 2.75) is 33.1 Å². The SMILES string of the molecule is C#C/C=C(\C=C(/C=C)CC#C)/C=C/c1c(CC)cccc1CC. The van der Waals surface area contributed by atoms with Crippen LogP contribution in [0.1, 0.15) is 37.0 Å². The van der Waals surface area contributed by atoms with Gasteiger partial charge in [-0.3, -0.25) is 0 Å². The van der Waals surface area contributed by atoms with Crippen LogP contribution in [0.2, 0.25) is 0 Å². The number of aryl methyl sites for hydroxylation is 2. The lowest BCUT2D eigenvalue weighted by molar-refractivity contribution is 1.08. The topological polar surface area (TPSA) is 0 Å². The maximum absolute atomic E-state index is 5.45. The predicted octanol–water partition coefficient (Wildman–Crippen LogP) is 5.52. The summed E-state index contributed by atoms with van der Waals surface area (Å²) in [5.74, 6) is 5.22. The quantitative estimate of drug-likeness (QED) is 0.459. The van der Waals surface area contributed by atoms with E-state index in [1.807, 2.05) is 12.2 Å². The molecule has 0 nitrogen and oxygen atoms in total. The van der Waals surface area contributed by atoms with Gasteiger partial charge in [0.15, 0.2) is 0 Å². The van der Waals surface area contributed by atoms with E-state index in [1.165, 1.54) is 16.7 Å². The first-order chi connectivity index (χ1) is 11.2. The zero-order chi connectivity index (χ0) is 17.1. The van der Waals surface area contributed by atoms with Crippen LogP contribution >= 0.6 is 0 Å². The Bertz CT molecular complexity index is 687. The van der Waals surface area contributed by atoms with Gasteiger partial charge >= 0.3 is 0 Å². The fourth-order valence-electron chi connectivity index (χ4n) is 2.42. The van der Waals surface area contributed by atoms with Gasteiger partial charge in [-0.15, -0.1) is 18.8 Å². The van der Waals surface area contributed by atoms with E-state index in [0.29, 0.717) is 6.42 Å². The van der Waals surface area contributed by atoms with E-state index in [9.17, 15) is 0 Å². The van der Waals surface area contributed by atoms with Crippen molar-refractivity contribution in [3.63, 3.8) is 0 Å². The highest BCUT2D eigenvalue weighted by atomic mass is 14.1. The van der Waals surface area contributed by atoms with E-state index in [4.69, 9.17) is 12.8 Å². The Hall–Kier alpha value is -2.70. The second-order valence-corrected chi connectivity index (χ2v) is 5.15. The minimum absolute atomic E-state index is 0.547. The third kappa shape index (κ3) is 5.54. The van der Waals surface area contributed by atoms with E-state index < -0.39 is 0 Å². The first-order valence-electron chi connectivity index (χ1n) is 7.91. The van der Waals surface area contributed by atoms with Gasteiger partial charge in [0.2, 0.25) is 0 Å². The second kappa shape index (κ2) is 10.1. The monoisotopic (exact) mass is 300 g/mol. The molecule has 0 spiro atoms. The highest BCUT2D eigenvalue weighted by Crippen LogP contribution is 2.20. The van der Waals surface area contributed by atoms with Gasteiger partial charge in [-0.1, -0.05) is 68.9 Å². The van der Waals surface area contributed by atoms with Crippen molar-refractivity contribution in [2.75, 3.05) is 0 Å². The van der Waals surface area contributed by atoms with Crippen molar-refractivity contribution < 1.29 is 0 Å². The summed E-state index contributed by atoms with van der Waals surface area (Å²) < 4.78 is 0. The van der Waals surface area contributed by atoms with Crippen molar-refractivity contribution in [1.29, 1.82) is 0 Å². The summed E-state index contributed by atoms with van der Waals surface area (Å²) in [7, 11) is 0. The van der Waals surface area contributed by atoms with Crippen molar-refractivity contribution >= 4 is 6.08 Å². The number of terminal acetylenes is 2. The molecule has 1 rings (SSSR count). The molecule has 0 fully saturated rings. The molecular formula is C23H24. The molecule has 0 aliphatic heterocycles. The summed E-state index contributed by atoms with van der Waals surface area (Å²) in [5.41, 5.74) is 5.91. The summed E-state index contributed by atoms with van der Waals surface area (Å²) in [6.45, 7) is 8.15. The average molecular weight is 300 g/mol. The Kier molecular flexibility index (Phi) is 8.06. The predicted molar refractivity (Wildman–Crippen MR) is 103 cm³/mol. The average Bonchev–Trinajstić information content (AvgIpc) is 2.58. The zero-order valence-electron chi connectivity index (χ0n) is 14.1. The van der Waals surface area contributed by atoms with E-state index in [-0.39, 0.29) is 0 Å². The summed E-state index contributed by atoms with van der Waals surface area (Å²) >= 11 is 0. The van der Waals surface area contributed by atoms with Gasteiger partial charge in [0.05, 0.1) is 0 Å². The molecule has 0 aliphatic carbocycles. The molecule has 1 aromatic rings. The third-order valence-electron chi connectivity index (χ3n) is 3.66. The summed E-state index contributed by atoms with van der Waals surface area (Å²) in [6, 6.07) is 6.47. The summed E-state index contributed by atoms with van der Waals surface area (Å²) in [6.07, 6.45) is 23.1. The Morgan fingerprint density at radius 1 is 1.17 bits per heavy atom. The molecule has 0 aromatic heterocycles. The molecule has 0 atom stereocenters. The van der Waals surface area contributed by atoms with Gasteiger partial charge in [0, 0.05) is 6.42 Å². The van der Waals surface area contributed by atoms with Crippen molar-refractivity contribution in [3.8, 4) is 24.7 Å². The fourth-order valence-corrected chi connectivity index (χ4v) is 2.42. The van der Waals surface area contributed by atoms with Crippen LogP contribution in [0.15, 0.2) is 60.2 Å². The van der Waals surface area contributed by atoms with E-state index >= 15 is 0 Å². The number of hydrogen-bond donors (Lipinski definition) is 0.